The summed E-state index contributed by atoms with van der Waals surface area (Å²) in [5, 5.41) is 0.916. The number of nitrogen functional groups attached to an aromatic ring is 1. The fourth-order valence-electron chi connectivity index (χ4n) is 2.22. The number of aryl methyl sites for hydroxylation is 1. The monoisotopic (exact) mass is 285 g/mol. The average molecular weight is 285 g/mol. The molecule has 3 aromatic rings. The first kappa shape index (κ1) is 13.0. The van der Waals surface area contributed by atoms with E-state index in [4.69, 9.17) is 10.5 Å². The Bertz CT molecular complexity index is 739. The minimum absolute atomic E-state index is 0.301. The highest BCUT2D eigenvalue weighted by atomic mass is 32.1. The van der Waals surface area contributed by atoms with Gasteiger partial charge in [-0.25, -0.2) is 9.97 Å². The maximum Gasteiger partial charge on any atom is 0.165 e. The van der Waals surface area contributed by atoms with Crippen LogP contribution < -0.4 is 5.73 Å². The van der Waals surface area contributed by atoms with Gasteiger partial charge in [0.2, 0.25) is 0 Å². The molecule has 1 atom stereocenters. The SMILES string of the molecule is COC(c1ccccc1)c1nc(N)c2cc(C)sc2n1. The summed E-state index contributed by atoms with van der Waals surface area (Å²) in [6.07, 6.45) is -0.301. The molecule has 0 saturated heterocycles. The van der Waals surface area contributed by atoms with Gasteiger partial charge in [-0.2, -0.15) is 0 Å². The minimum Gasteiger partial charge on any atom is -0.383 e. The molecule has 0 spiro atoms. The van der Waals surface area contributed by atoms with Gasteiger partial charge in [0.05, 0.1) is 5.39 Å². The maximum atomic E-state index is 6.04. The van der Waals surface area contributed by atoms with Crippen molar-refractivity contribution in [2.45, 2.75) is 13.0 Å². The lowest BCUT2D eigenvalue weighted by Gasteiger charge is -2.14. The van der Waals surface area contributed by atoms with Crippen LogP contribution in [0.4, 0.5) is 5.82 Å². The lowest BCUT2D eigenvalue weighted by atomic mass is 10.1. The number of nitrogens with two attached hydrogens (primary N) is 1. The summed E-state index contributed by atoms with van der Waals surface area (Å²) < 4.78 is 5.56. The van der Waals surface area contributed by atoms with Crippen molar-refractivity contribution >= 4 is 27.4 Å². The quantitative estimate of drug-likeness (QED) is 0.802. The highest BCUT2D eigenvalue weighted by molar-refractivity contribution is 7.18. The smallest absolute Gasteiger partial charge is 0.165 e. The van der Waals surface area contributed by atoms with Gasteiger partial charge in [0.15, 0.2) is 5.82 Å². The Labute approximate surface area is 121 Å². The summed E-state index contributed by atoms with van der Waals surface area (Å²) in [6, 6.07) is 11.9. The Balaban J connectivity index is 2.12. The number of thiophene rings is 1. The van der Waals surface area contributed by atoms with Crippen LogP contribution >= 0.6 is 11.3 Å². The van der Waals surface area contributed by atoms with E-state index in [-0.39, 0.29) is 6.10 Å². The van der Waals surface area contributed by atoms with Crippen LogP contribution in [0.3, 0.4) is 0 Å². The first-order valence-corrected chi connectivity index (χ1v) is 7.12. The molecule has 0 fully saturated rings. The molecule has 2 heterocycles. The lowest BCUT2D eigenvalue weighted by Crippen LogP contribution is -2.09. The van der Waals surface area contributed by atoms with E-state index in [0.717, 1.165) is 15.8 Å². The van der Waals surface area contributed by atoms with Crippen LogP contribution in [0.2, 0.25) is 0 Å². The molecule has 2 aromatic heterocycles. The van der Waals surface area contributed by atoms with E-state index in [9.17, 15) is 0 Å². The van der Waals surface area contributed by atoms with E-state index in [0.29, 0.717) is 11.6 Å². The van der Waals surface area contributed by atoms with Crippen LogP contribution in [0.1, 0.15) is 22.4 Å². The molecule has 1 unspecified atom stereocenters. The van der Waals surface area contributed by atoms with Crippen molar-refractivity contribution in [3.63, 3.8) is 0 Å². The number of ether oxygens (including phenoxy) is 1. The summed E-state index contributed by atoms with van der Waals surface area (Å²) in [7, 11) is 1.65. The second kappa shape index (κ2) is 5.19. The van der Waals surface area contributed by atoms with Crippen molar-refractivity contribution in [1.29, 1.82) is 0 Å². The zero-order chi connectivity index (χ0) is 14.1. The van der Waals surface area contributed by atoms with Crippen LogP contribution in [0.5, 0.6) is 0 Å². The van der Waals surface area contributed by atoms with Gasteiger partial charge in [0.1, 0.15) is 16.8 Å². The number of benzene rings is 1. The van der Waals surface area contributed by atoms with Crippen molar-refractivity contribution < 1.29 is 4.74 Å². The number of nitrogens with zero attached hydrogens (tertiary/aromatic N) is 2. The summed E-state index contributed by atoms with van der Waals surface area (Å²) in [5.41, 5.74) is 7.06. The zero-order valence-corrected chi connectivity index (χ0v) is 12.1. The van der Waals surface area contributed by atoms with Gasteiger partial charge >= 0.3 is 0 Å². The molecule has 0 radical (unpaired) electrons. The van der Waals surface area contributed by atoms with Crippen molar-refractivity contribution in [2.24, 2.45) is 0 Å². The van der Waals surface area contributed by atoms with Crippen molar-refractivity contribution in [1.82, 2.24) is 9.97 Å². The molecular formula is C15H15N3OS. The van der Waals surface area contributed by atoms with E-state index in [1.54, 1.807) is 18.4 Å². The third-order valence-corrected chi connectivity index (χ3v) is 4.08. The molecule has 4 nitrogen and oxygen atoms in total. The normalized spacial score (nSPS) is 12.7. The van der Waals surface area contributed by atoms with Crippen LogP contribution in [0.25, 0.3) is 10.2 Å². The zero-order valence-electron chi connectivity index (χ0n) is 11.3. The van der Waals surface area contributed by atoms with Crippen molar-refractivity contribution in [3.8, 4) is 0 Å². The fourth-order valence-corrected chi connectivity index (χ4v) is 3.11. The standard InChI is InChI=1S/C15H15N3OS/c1-9-8-11-13(16)17-14(18-15(11)20-9)12(19-2)10-6-4-3-5-7-10/h3-8,12H,1-2H3,(H2,16,17,18). The molecule has 0 aliphatic heterocycles. The second-order valence-electron chi connectivity index (χ2n) is 4.57. The van der Waals surface area contributed by atoms with Gasteiger partial charge in [0.25, 0.3) is 0 Å². The van der Waals surface area contributed by atoms with Gasteiger partial charge in [-0.05, 0) is 18.6 Å². The molecule has 0 saturated carbocycles. The van der Waals surface area contributed by atoms with Gasteiger partial charge in [0, 0.05) is 12.0 Å². The molecular weight excluding hydrogens is 270 g/mol. The molecule has 0 amide bonds. The summed E-state index contributed by atoms with van der Waals surface area (Å²) >= 11 is 1.62. The highest BCUT2D eigenvalue weighted by Gasteiger charge is 2.18. The molecule has 3 rings (SSSR count). The third-order valence-electron chi connectivity index (χ3n) is 3.14. The molecule has 0 aliphatic carbocycles. The fraction of sp³-hybridized carbons (Fsp3) is 0.200. The van der Waals surface area contributed by atoms with Crippen molar-refractivity contribution in [2.75, 3.05) is 12.8 Å². The first-order valence-electron chi connectivity index (χ1n) is 6.30. The molecule has 0 aliphatic rings. The molecule has 0 bridgehead atoms. The van der Waals surface area contributed by atoms with Gasteiger partial charge < -0.3 is 10.5 Å². The van der Waals surface area contributed by atoms with Gasteiger partial charge in [-0.1, -0.05) is 30.3 Å². The van der Waals surface area contributed by atoms with E-state index >= 15 is 0 Å². The van der Waals surface area contributed by atoms with Crippen molar-refractivity contribution in [3.05, 3.63) is 52.7 Å². The largest absolute Gasteiger partial charge is 0.383 e. The predicted molar refractivity (Wildman–Crippen MR) is 81.9 cm³/mol. The molecule has 102 valence electrons. The number of aromatic nitrogens is 2. The average Bonchev–Trinajstić information content (AvgIpc) is 2.82. The minimum atomic E-state index is -0.301. The Morgan fingerprint density at radius 1 is 1.20 bits per heavy atom. The number of fused-ring (bicyclic) bond motifs is 1. The van der Waals surface area contributed by atoms with E-state index in [1.807, 2.05) is 43.3 Å². The number of hydrogen-bond acceptors (Lipinski definition) is 5. The van der Waals surface area contributed by atoms with E-state index in [2.05, 4.69) is 9.97 Å². The predicted octanol–water partition coefficient (Wildman–Crippen LogP) is 3.32. The van der Waals surface area contributed by atoms with E-state index < -0.39 is 0 Å². The van der Waals surface area contributed by atoms with Crippen LogP contribution in [-0.4, -0.2) is 17.1 Å². The number of anilines is 1. The molecule has 20 heavy (non-hydrogen) atoms. The summed E-state index contributed by atoms with van der Waals surface area (Å²) in [5.74, 6) is 1.11. The molecule has 2 N–H and O–H groups in total. The summed E-state index contributed by atoms with van der Waals surface area (Å²) in [4.78, 5) is 11.1. The first-order chi connectivity index (χ1) is 9.69. The molecule has 1 aromatic carbocycles. The van der Waals surface area contributed by atoms with Crippen LogP contribution in [0.15, 0.2) is 36.4 Å². The lowest BCUT2D eigenvalue weighted by molar-refractivity contribution is 0.129. The topological polar surface area (TPSA) is 61.0 Å². The summed E-state index contributed by atoms with van der Waals surface area (Å²) in [6.45, 7) is 2.04. The number of hydrogen-bond donors (Lipinski definition) is 1. The second-order valence-corrected chi connectivity index (χ2v) is 5.80. The Morgan fingerprint density at radius 2 is 1.95 bits per heavy atom. The molecule has 5 heteroatoms. The Kier molecular flexibility index (Phi) is 3.38. The van der Waals surface area contributed by atoms with E-state index in [1.165, 1.54) is 4.88 Å². The van der Waals surface area contributed by atoms with Gasteiger partial charge in [-0.15, -0.1) is 11.3 Å². The Hall–Kier alpha value is -1.98. The third kappa shape index (κ3) is 2.26. The van der Waals surface area contributed by atoms with Crippen LogP contribution in [0, 0.1) is 6.92 Å². The highest BCUT2D eigenvalue weighted by Crippen LogP contribution is 2.30. The number of methoxy groups -OCH3 is 1. The number of rotatable bonds is 3. The maximum absolute atomic E-state index is 6.04. The van der Waals surface area contributed by atoms with Gasteiger partial charge in [-0.3, -0.25) is 0 Å². The Morgan fingerprint density at radius 3 is 2.65 bits per heavy atom. The van der Waals surface area contributed by atoms with Crippen LogP contribution in [-0.2, 0) is 4.74 Å².